The Labute approximate surface area is 134 Å². The van der Waals surface area contributed by atoms with E-state index in [-0.39, 0.29) is 5.82 Å². The molecule has 0 aliphatic carbocycles. The highest BCUT2D eigenvalue weighted by atomic mass is 19.1. The first kappa shape index (κ1) is 14.8. The molecule has 23 heavy (non-hydrogen) atoms. The molecule has 2 aliphatic rings. The van der Waals surface area contributed by atoms with E-state index in [0.717, 1.165) is 42.5 Å². The molecule has 2 aliphatic heterocycles. The Morgan fingerprint density at radius 3 is 2.70 bits per heavy atom. The van der Waals surface area contributed by atoms with Crippen LogP contribution < -0.4 is 10.2 Å². The minimum Gasteiger partial charge on any atom is -0.378 e. The number of piperidine rings is 1. The highest BCUT2D eigenvalue weighted by Crippen LogP contribution is 2.32. The van der Waals surface area contributed by atoms with Crippen molar-refractivity contribution < 1.29 is 9.13 Å². The second-order valence-corrected chi connectivity index (χ2v) is 6.20. The van der Waals surface area contributed by atoms with Crippen molar-refractivity contribution in [3.05, 3.63) is 30.0 Å². The smallest absolute Gasteiger partial charge is 0.147 e. The fraction of sp³-hybridized carbons (Fsp3) is 0.529. The normalized spacial score (nSPS) is 20.1. The minimum atomic E-state index is -0.190. The Kier molecular flexibility index (Phi) is 4.10. The summed E-state index contributed by atoms with van der Waals surface area (Å²) in [5, 5.41) is 4.22. The molecule has 2 fully saturated rings. The Balaban J connectivity index is 1.74. The van der Waals surface area contributed by atoms with Crippen molar-refractivity contribution in [2.24, 2.45) is 0 Å². The fourth-order valence-electron chi connectivity index (χ4n) is 3.55. The van der Waals surface area contributed by atoms with E-state index >= 15 is 0 Å². The van der Waals surface area contributed by atoms with Crippen LogP contribution in [0.15, 0.2) is 18.5 Å². The average molecular weight is 316 g/mol. The third-order valence-electron chi connectivity index (χ3n) is 4.81. The van der Waals surface area contributed by atoms with Crippen LogP contribution in [0.1, 0.15) is 24.5 Å². The fourth-order valence-corrected chi connectivity index (χ4v) is 3.55. The summed E-state index contributed by atoms with van der Waals surface area (Å²) < 4.78 is 20.1. The summed E-state index contributed by atoms with van der Waals surface area (Å²) in [6, 6.07) is 3.49. The molecule has 3 heterocycles. The zero-order valence-electron chi connectivity index (χ0n) is 13.1. The van der Waals surface area contributed by atoms with E-state index in [9.17, 15) is 4.39 Å². The quantitative estimate of drug-likeness (QED) is 0.919. The maximum Gasteiger partial charge on any atom is 0.147 e. The minimum absolute atomic E-state index is 0.190. The van der Waals surface area contributed by atoms with Gasteiger partial charge in [-0.25, -0.2) is 14.4 Å². The Morgan fingerprint density at radius 2 is 1.91 bits per heavy atom. The van der Waals surface area contributed by atoms with Gasteiger partial charge in [-0.1, -0.05) is 0 Å². The van der Waals surface area contributed by atoms with Crippen LogP contribution in [0.2, 0.25) is 0 Å². The van der Waals surface area contributed by atoms with Crippen LogP contribution >= 0.6 is 0 Å². The van der Waals surface area contributed by atoms with Gasteiger partial charge in [0, 0.05) is 24.4 Å². The molecular weight excluding hydrogens is 295 g/mol. The molecule has 122 valence electrons. The molecule has 0 atom stereocenters. The number of fused-ring (bicyclic) bond motifs is 1. The highest BCUT2D eigenvalue weighted by Gasteiger charge is 2.22. The van der Waals surface area contributed by atoms with E-state index in [1.54, 1.807) is 12.4 Å². The van der Waals surface area contributed by atoms with Crippen molar-refractivity contribution in [3.63, 3.8) is 0 Å². The Morgan fingerprint density at radius 1 is 1.13 bits per heavy atom. The standard InChI is InChI=1S/C17H21FN4O/c18-14-9-13-15(10-16(14)22-5-7-23-8-6-22)20-11-21-17(13)12-1-3-19-4-2-12/h9-12,19H,1-8H2. The number of halogens is 1. The number of hydrogen-bond acceptors (Lipinski definition) is 5. The summed E-state index contributed by atoms with van der Waals surface area (Å²) in [6.07, 6.45) is 3.69. The van der Waals surface area contributed by atoms with E-state index in [0.29, 0.717) is 37.9 Å². The second-order valence-electron chi connectivity index (χ2n) is 6.20. The molecule has 0 amide bonds. The van der Waals surface area contributed by atoms with E-state index in [2.05, 4.69) is 15.3 Å². The molecule has 0 radical (unpaired) electrons. The average Bonchev–Trinajstić information content (AvgIpc) is 2.62. The largest absolute Gasteiger partial charge is 0.378 e. The monoisotopic (exact) mass is 316 g/mol. The molecule has 2 saturated heterocycles. The van der Waals surface area contributed by atoms with E-state index < -0.39 is 0 Å². The summed E-state index contributed by atoms with van der Waals surface area (Å²) in [4.78, 5) is 10.9. The van der Waals surface area contributed by atoms with Gasteiger partial charge in [0.15, 0.2) is 0 Å². The number of nitrogens with zero attached hydrogens (tertiary/aromatic N) is 3. The molecule has 0 saturated carbocycles. The van der Waals surface area contributed by atoms with Crippen LogP contribution in [-0.2, 0) is 4.74 Å². The first-order valence-electron chi connectivity index (χ1n) is 8.30. The first-order valence-corrected chi connectivity index (χ1v) is 8.30. The van der Waals surface area contributed by atoms with Crippen LogP contribution in [0, 0.1) is 5.82 Å². The maximum absolute atomic E-state index is 14.7. The SMILES string of the molecule is Fc1cc2c(C3CCNCC3)ncnc2cc1N1CCOCC1. The lowest BCUT2D eigenvalue weighted by molar-refractivity contribution is 0.122. The Bertz CT molecular complexity index is 696. The molecule has 1 N–H and O–H groups in total. The summed E-state index contributed by atoms with van der Waals surface area (Å²) in [7, 11) is 0. The first-order chi connectivity index (χ1) is 11.3. The van der Waals surface area contributed by atoms with Gasteiger partial charge in [0.2, 0.25) is 0 Å². The van der Waals surface area contributed by atoms with Gasteiger partial charge >= 0.3 is 0 Å². The topological polar surface area (TPSA) is 50.3 Å². The third-order valence-corrected chi connectivity index (χ3v) is 4.81. The molecule has 0 unspecified atom stereocenters. The van der Waals surface area contributed by atoms with Crippen molar-refractivity contribution in [2.75, 3.05) is 44.3 Å². The van der Waals surface area contributed by atoms with Crippen molar-refractivity contribution in [1.29, 1.82) is 0 Å². The van der Waals surface area contributed by atoms with Crippen LogP contribution in [-0.4, -0.2) is 49.4 Å². The van der Waals surface area contributed by atoms with Crippen molar-refractivity contribution in [1.82, 2.24) is 15.3 Å². The lowest BCUT2D eigenvalue weighted by atomic mass is 9.92. The number of anilines is 1. The predicted octanol–water partition coefficient (Wildman–Crippen LogP) is 2.07. The van der Waals surface area contributed by atoms with Crippen molar-refractivity contribution in [2.45, 2.75) is 18.8 Å². The number of benzene rings is 1. The predicted molar refractivity (Wildman–Crippen MR) is 87.4 cm³/mol. The van der Waals surface area contributed by atoms with Crippen molar-refractivity contribution in [3.8, 4) is 0 Å². The molecule has 1 aromatic heterocycles. The summed E-state index contributed by atoms with van der Waals surface area (Å²) in [6.45, 7) is 4.70. The summed E-state index contributed by atoms with van der Waals surface area (Å²) >= 11 is 0. The highest BCUT2D eigenvalue weighted by molar-refractivity contribution is 5.85. The van der Waals surface area contributed by atoms with Crippen LogP contribution in [0.5, 0.6) is 0 Å². The van der Waals surface area contributed by atoms with Gasteiger partial charge < -0.3 is 15.0 Å². The van der Waals surface area contributed by atoms with Gasteiger partial charge in [-0.15, -0.1) is 0 Å². The number of rotatable bonds is 2. The van der Waals surface area contributed by atoms with Gasteiger partial charge in [-0.3, -0.25) is 0 Å². The van der Waals surface area contributed by atoms with Crippen LogP contribution in [0.4, 0.5) is 10.1 Å². The van der Waals surface area contributed by atoms with E-state index in [4.69, 9.17) is 4.74 Å². The molecule has 4 rings (SSSR count). The van der Waals surface area contributed by atoms with Gasteiger partial charge in [0.1, 0.15) is 12.1 Å². The molecule has 1 aromatic carbocycles. The molecule has 6 heteroatoms. The van der Waals surface area contributed by atoms with Gasteiger partial charge in [-0.2, -0.15) is 0 Å². The van der Waals surface area contributed by atoms with Gasteiger partial charge in [-0.05, 0) is 38.1 Å². The number of ether oxygens (including phenoxy) is 1. The molecule has 0 spiro atoms. The zero-order chi connectivity index (χ0) is 15.6. The van der Waals surface area contributed by atoms with E-state index in [1.807, 2.05) is 11.0 Å². The second kappa shape index (κ2) is 6.37. The number of aromatic nitrogens is 2. The van der Waals surface area contributed by atoms with Gasteiger partial charge in [0.05, 0.1) is 30.1 Å². The van der Waals surface area contributed by atoms with Gasteiger partial charge in [0.25, 0.3) is 0 Å². The summed E-state index contributed by atoms with van der Waals surface area (Å²) in [5.74, 6) is 0.194. The lowest BCUT2D eigenvalue weighted by Gasteiger charge is -2.29. The van der Waals surface area contributed by atoms with Crippen LogP contribution in [0.25, 0.3) is 10.9 Å². The zero-order valence-corrected chi connectivity index (χ0v) is 13.1. The maximum atomic E-state index is 14.7. The van der Waals surface area contributed by atoms with Crippen molar-refractivity contribution >= 4 is 16.6 Å². The number of nitrogens with one attached hydrogen (secondary N) is 1. The lowest BCUT2D eigenvalue weighted by Crippen LogP contribution is -2.36. The molecule has 5 nitrogen and oxygen atoms in total. The van der Waals surface area contributed by atoms with E-state index in [1.165, 1.54) is 0 Å². The molecule has 2 aromatic rings. The van der Waals surface area contributed by atoms with Crippen LogP contribution in [0.3, 0.4) is 0 Å². The number of hydrogen-bond donors (Lipinski definition) is 1. The third kappa shape index (κ3) is 2.88. The number of morpholine rings is 1. The Hall–Kier alpha value is -1.79. The molecular formula is C17H21FN4O. The molecule has 0 bridgehead atoms. The summed E-state index contributed by atoms with van der Waals surface area (Å²) in [5.41, 5.74) is 2.44.